The third-order valence-electron chi connectivity index (χ3n) is 2.56. The first-order valence-corrected chi connectivity index (χ1v) is 6.82. The fourth-order valence-electron chi connectivity index (χ4n) is 1.44. The standard InChI is InChI=1S/C14H15ClN4O3/c1-9(2)7-18-14(20)10(6-16)8-17-11-3-4-12(15)13(5-11)19(21)22/h3-5,8-9,17H,7H2,1-2H3,(H,18,20)/b10-8-. The van der Waals surface area contributed by atoms with Gasteiger partial charge in [-0.1, -0.05) is 25.4 Å². The summed E-state index contributed by atoms with van der Waals surface area (Å²) in [4.78, 5) is 21.9. The molecule has 0 fully saturated rings. The topological polar surface area (TPSA) is 108 Å². The minimum atomic E-state index is -0.613. The highest BCUT2D eigenvalue weighted by Crippen LogP contribution is 2.27. The molecule has 0 aliphatic heterocycles. The zero-order valence-electron chi connectivity index (χ0n) is 12.1. The number of anilines is 1. The molecule has 0 atom stereocenters. The molecule has 0 aliphatic carbocycles. The van der Waals surface area contributed by atoms with Crippen LogP contribution in [-0.2, 0) is 4.79 Å². The Morgan fingerprint density at radius 3 is 2.77 bits per heavy atom. The van der Waals surface area contributed by atoms with Crippen molar-refractivity contribution in [3.63, 3.8) is 0 Å². The van der Waals surface area contributed by atoms with Gasteiger partial charge in [-0.3, -0.25) is 14.9 Å². The van der Waals surface area contributed by atoms with Crippen molar-refractivity contribution in [2.45, 2.75) is 13.8 Å². The number of hydrogen-bond acceptors (Lipinski definition) is 5. The van der Waals surface area contributed by atoms with Crippen molar-refractivity contribution >= 4 is 28.9 Å². The summed E-state index contributed by atoms with van der Waals surface area (Å²) < 4.78 is 0. The molecule has 0 bridgehead atoms. The summed E-state index contributed by atoms with van der Waals surface area (Å²) in [5.41, 5.74) is -0.0402. The van der Waals surface area contributed by atoms with E-state index in [9.17, 15) is 14.9 Å². The van der Waals surface area contributed by atoms with Crippen molar-refractivity contribution in [2.75, 3.05) is 11.9 Å². The van der Waals surface area contributed by atoms with Gasteiger partial charge in [0, 0.05) is 24.5 Å². The van der Waals surface area contributed by atoms with Gasteiger partial charge in [0.05, 0.1) is 4.92 Å². The van der Waals surface area contributed by atoms with Crippen LogP contribution in [0, 0.1) is 27.4 Å². The lowest BCUT2D eigenvalue weighted by atomic mass is 10.2. The summed E-state index contributed by atoms with van der Waals surface area (Å²) >= 11 is 5.70. The Bertz CT molecular complexity index is 650. The van der Waals surface area contributed by atoms with E-state index in [4.69, 9.17) is 16.9 Å². The Balaban J connectivity index is 2.85. The molecule has 0 spiro atoms. The van der Waals surface area contributed by atoms with Crippen LogP contribution in [0.15, 0.2) is 30.0 Å². The van der Waals surface area contributed by atoms with Crippen molar-refractivity contribution in [3.8, 4) is 6.07 Å². The van der Waals surface area contributed by atoms with E-state index in [-0.39, 0.29) is 22.2 Å². The molecule has 7 nitrogen and oxygen atoms in total. The van der Waals surface area contributed by atoms with E-state index in [1.807, 2.05) is 13.8 Å². The molecule has 2 N–H and O–H groups in total. The molecular weight excluding hydrogens is 308 g/mol. The number of amides is 1. The first-order valence-electron chi connectivity index (χ1n) is 6.44. The van der Waals surface area contributed by atoms with Crippen LogP contribution >= 0.6 is 11.6 Å². The zero-order valence-corrected chi connectivity index (χ0v) is 12.8. The van der Waals surface area contributed by atoms with Crippen molar-refractivity contribution in [1.82, 2.24) is 5.32 Å². The number of nitrogens with one attached hydrogen (secondary N) is 2. The predicted octanol–water partition coefficient (Wildman–Crippen LogP) is 2.84. The second-order valence-corrected chi connectivity index (χ2v) is 5.25. The number of nitriles is 1. The Morgan fingerprint density at radius 1 is 1.55 bits per heavy atom. The summed E-state index contributed by atoms with van der Waals surface area (Å²) in [6, 6.07) is 5.86. The molecule has 8 heteroatoms. The van der Waals surface area contributed by atoms with E-state index < -0.39 is 10.8 Å². The predicted molar refractivity (Wildman–Crippen MR) is 83.3 cm³/mol. The number of carbonyl (C=O) groups excluding carboxylic acids is 1. The molecule has 0 unspecified atom stereocenters. The van der Waals surface area contributed by atoms with Crippen LogP contribution in [0.2, 0.25) is 5.02 Å². The Hall–Kier alpha value is -2.59. The van der Waals surface area contributed by atoms with E-state index in [0.29, 0.717) is 12.2 Å². The maximum Gasteiger partial charge on any atom is 0.289 e. The highest BCUT2D eigenvalue weighted by atomic mass is 35.5. The highest BCUT2D eigenvalue weighted by Gasteiger charge is 2.13. The average Bonchev–Trinajstić information content (AvgIpc) is 2.46. The molecule has 1 amide bonds. The van der Waals surface area contributed by atoms with E-state index in [0.717, 1.165) is 0 Å². The van der Waals surface area contributed by atoms with Gasteiger partial charge in [0.15, 0.2) is 0 Å². The second-order valence-electron chi connectivity index (χ2n) is 4.84. The molecule has 0 aromatic heterocycles. The van der Waals surface area contributed by atoms with Crippen LogP contribution in [0.3, 0.4) is 0 Å². The number of rotatable bonds is 6. The number of carbonyl (C=O) groups is 1. The Morgan fingerprint density at radius 2 is 2.23 bits per heavy atom. The number of nitrogens with zero attached hydrogens (tertiary/aromatic N) is 2. The van der Waals surface area contributed by atoms with E-state index in [1.54, 1.807) is 6.07 Å². The molecule has 0 saturated heterocycles. The van der Waals surface area contributed by atoms with Crippen LogP contribution in [0.5, 0.6) is 0 Å². The maximum absolute atomic E-state index is 11.8. The van der Waals surface area contributed by atoms with Crippen molar-refractivity contribution in [3.05, 3.63) is 45.1 Å². The molecule has 22 heavy (non-hydrogen) atoms. The number of hydrogen-bond donors (Lipinski definition) is 2. The van der Waals surface area contributed by atoms with Gasteiger partial charge < -0.3 is 10.6 Å². The monoisotopic (exact) mass is 322 g/mol. The second kappa shape index (κ2) is 8.00. The van der Waals surface area contributed by atoms with E-state index in [2.05, 4.69) is 10.6 Å². The first kappa shape index (κ1) is 17.5. The van der Waals surface area contributed by atoms with Gasteiger partial charge in [0.25, 0.3) is 11.6 Å². The van der Waals surface area contributed by atoms with Crippen LogP contribution < -0.4 is 10.6 Å². The molecule has 1 aromatic rings. The van der Waals surface area contributed by atoms with Gasteiger partial charge >= 0.3 is 0 Å². The molecule has 116 valence electrons. The normalized spacial score (nSPS) is 11.0. The van der Waals surface area contributed by atoms with E-state index in [1.165, 1.54) is 24.4 Å². The third-order valence-corrected chi connectivity index (χ3v) is 2.88. The van der Waals surface area contributed by atoms with Gasteiger partial charge in [0.2, 0.25) is 0 Å². The number of benzene rings is 1. The van der Waals surface area contributed by atoms with Gasteiger partial charge in [-0.15, -0.1) is 0 Å². The smallest absolute Gasteiger partial charge is 0.289 e. The van der Waals surface area contributed by atoms with E-state index >= 15 is 0 Å². The van der Waals surface area contributed by atoms with Crippen LogP contribution in [0.4, 0.5) is 11.4 Å². The zero-order chi connectivity index (χ0) is 16.7. The lowest BCUT2D eigenvalue weighted by Gasteiger charge is -2.07. The summed E-state index contributed by atoms with van der Waals surface area (Å²) in [5.74, 6) is -0.247. The lowest BCUT2D eigenvalue weighted by molar-refractivity contribution is -0.384. The lowest BCUT2D eigenvalue weighted by Crippen LogP contribution is -2.28. The summed E-state index contributed by atoms with van der Waals surface area (Å²) in [6.45, 7) is 4.31. The summed E-state index contributed by atoms with van der Waals surface area (Å²) in [7, 11) is 0. The molecule has 0 heterocycles. The van der Waals surface area contributed by atoms with Gasteiger partial charge in [-0.25, -0.2) is 0 Å². The van der Waals surface area contributed by atoms with Gasteiger partial charge in [-0.2, -0.15) is 5.26 Å². The van der Waals surface area contributed by atoms with Crippen LogP contribution in [-0.4, -0.2) is 17.4 Å². The van der Waals surface area contributed by atoms with Crippen molar-refractivity contribution in [2.24, 2.45) is 5.92 Å². The van der Waals surface area contributed by atoms with Crippen LogP contribution in [0.25, 0.3) is 0 Å². The molecular formula is C14H15ClN4O3. The van der Waals surface area contributed by atoms with Gasteiger partial charge in [-0.05, 0) is 18.1 Å². The summed E-state index contributed by atoms with van der Waals surface area (Å²) in [6.07, 6.45) is 1.20. The number of nitro benzene ring substituents is 1. The summed E-state index contributed by atoms with van der Waals surface area (Å²) in [5, 5.41) is 25.1. The van der Waals surface area contributed by atoms with Gasteiger partial charge in [0.1, 0.15) is 16.7 Å². The molecule has 1 aromatic carbocycles. The number of nitro groups is 1. The molecule has 0 radical (unpaired) electrons. The quantitative estimate of drug-likeness (QED) is 0.362. The fraction of sp³-hybridized carbons (Fsp3) is 0.286. The largest absolute Gasteiger partial charge is 0.360 e. The average molecular weight is 323 g/mol. The minimum absolute atomic E-state index is 0.00899. The Kier molecular flexibility index (Phi) is 6.35. The van der Waals surface area contributed by atoms with Crippen molar-refractivity contribution < 1.29 is 9.72 Å². The number of halogens is 1. The molecule has 0 saturated carbocycles. The third kappa shape index (κ3) is 5.07. The molecule has 1 rings (SSSR count). The Labute approximate surface area is 132 Å². The first-order chi connectivity index (χ1) is 10.3. The minimum Gasteiger partial charge on any atom is -0.360 e. The van der Waals surface area contributed by atoms with Crippen LogP contribution in [0.1, 0.15) is 13.8 Å². The SMILES string of the molecule is CC(C)CNC(=O)/C(C#N)=C\Nc1ccc(Cl)c([N+](=O)[O-])c1. The highest BCUT2D eigenvalue weighted by molar-refractivity contribution is 6.32. The molecule has 0 aliphatic rings. The van der Waals surface area contributed by atoms with Crippen molar-refractivity contribution in [1.29, 1.82) is 5.26 Å². The fourth-order valence-corrected chi connectivity index (χ4v) is 1.63. The maximum atomic E-state index is 11.8.